The van der Waals surface area contributed by atoms with Crippen LogP contribution in [-0.4, -0.2) is 32.7 Å². The molecule has 0 saturated carbocycles. The monoisotopic (exact) mass is 234 g/mol. The van der Waals surface area contributed by atoms with E-state index in [9.17, 15) is 9.59 Å². The summed E-state index contributed by atoms with van der Waals surface area (Å²) in [7, 11) is 2.72. The van der Waals surface area contributed by atoms with Gasteiger partial charge < -0.3 is 15.4 Å². The third kappa shape index (κ3) is 23.0. The van der Waals surface area contributed by atoms with Crippen molar-refractivity contribution < 1.29 is 14.3 Å². The molecule has 0 aliphatic heterocycles. The first-order valence-electron chi connectivity index (χ1n) is 5.64. The van der Waals surface area contributed by atoms with Gasteiger partial charge in [0.1, 0.15) is 0 Å². The number of alkyl carbamates (subject to hydrolysis) is 1. The summed E-state index contributed by atoms with van der Waals surface area (Å²) in [5, 5.41) is 4.55. The van der Waals surface area contributed by atoms with Gasteiger partial charge in [0.15, 0.2) is 0 Å². The van der Waals surface area contributed by atoms with Crippen molar-refractivity contribution in [1.82, 2.24) is 10.6 Å². The summed E-state index contributed by atoms with van der Waals surface area (Å²) in [5.41, 5.74) is 0. The van der Waals surface area contributed by atoms with Gasteiger partial charge in [-0.3, -0.25) is 4.79 Å². The van der Waals surface area contributed by atoms with Crippen LogP contribution >= 0.6 is 0 Å². The lowest BCUT2D eigenvalue weighted by molar-refractivity contribution is -0.119. The van der Waals surface area contributed by atoms with Crippen LogP contribution in [0.2, 0.25) is 0 Å². The number of rotatable bonds is 3. The van der Waals surface area contributed by atoms with Gasteiger partial charge in [0.05, 0.1) is 13.7 Å². The Kier molecular flexibility index (Phi) is 24.4. The first-order chi connectivity index (χ1) is 7.62. The van der Waals surface area contributed by atoms with Gasteiger partial charge in [-0.05, 0) is 0 Å². The van der Waals surface area contributed by atoms with Crippen molar-refractivity contribution in [3.63, 3.8) is 0 Å². The van der Waals surface area contributed by atoms with Crippen LogP contribution in [0.5, 0.6) is 0 Å². The molecular formula is C11H26N2O3. The first kappa shape index (κ1) is 20.2. The van der Waals surface area contributed by atoms with Gasteiger partial charge in [0.25, 0.3) is 0 Å². The van der Waals surface area contributed by atoms with Gasteiger partial charge in [-0.2, -0.15) is 0 Å². The summed E-state index contributed by atoms with van der Waals surface area (Å²) in [6.45, 7) is 8.31. The molecule has 0 aliphatic carbocycles. The van der Waals surface area contributed by atoms with Crippen molar-refractivity contribution >= 4 is 12.0 Å². The third-order valence-corrected chi connectivity index (χ3v) is 1.36. The summed E-state index contributed by atoms with van der Waals surface area (Å²) < 4.78 is 4.22. The highest BCUT2D eigenvalue weighted by Crippen LogP contribution is 1.76. The number of unbranched alkanes of at least 4 members (excludes halogenated alkanes) is 1. The van der Waals surface area contributed by atoms with E-state index >= 15 is 0 Å². The molecule has 0 aliphatic rings. The zero-order valence-electron chi connectivity index (χ0n) is 11.3. The standard InChI is InChI=1S/C5H10N2O3.C4H10.C2H6/c1-6-4(8)3-7-5(9)10-2;1-3-4-2;1-2/h3H2,1-2H3,(H,6,8)(H,7,9);3-4H2,1-2H3;1-2H3. The summed E-state index contributed by atoms with van der Waals surface area (Å²) in [5.74, 6) is -0.259. The molecule has 0 rings (SSSR count). The van der Waals surface area contributed by atoms with Crippen molar-refractivity contribution in [2.45, 2.75) is 40.5 Å². The maximum atomic E-state index is 10.5. The highest BCUT2D eigenvalue weighted by atomic mass is 16.5. The molecule has 0 aromatic rings. The van der Waals surface area contributed by atoms with Gasteiger partial charge >= 0.3 is 6.09 Å². The lowest BCUT2D eigenvalue weighted by Crippen LogP contribution is -2.34. The van der Waals surface area contributed by atoms with Crippen LogP contribution in [0.25, 0.3) is 0 Å². The molecule has 0 radical (unpaired) electrons. The van der Waals surface area contributed by atoms with Gasteiger partial charge in [-0.1, -0.05) is 40.5 Å². The highest BCUT2D eigenvalue weighted by Gasteiger charge is 2.00. The van der Waals surface area contributed by atoms with E-state index in [-0.39, 0.29) is 12.5 Å². The zero-order chi connectivity index (χ0) is 13.4. The Morgan fingerprint density at radius 2 is 1.56 bits per heavy atom. The second-order valence-corrected chi connectivity index (χ2v) is 2.52. The van der Waals surface area contributed by atoms with Crippen molar-refractivity contribution in [2.75, 3.05) is 20.7 Å². The Labute approximate surface area is 98.9 Å². The van der Waals surface area contributed by atoms with Crippen LogP contribution < -0.4 is 10.6 Å². The largest absolute Gasteiger partial charge is 0.453 e. The van der Waals surface area contributed by atoms with Gasteiger partial charge in [0, 0.05) is 7.05 Å². The van der Waals surface area contributed by atoms with E-state index in [1.165, 1.54) is 27.0 Å². The van der Waals surface area contributed by atoms with Gasteiger partial charge in [0.2, 0.25) is 5.91 Å². The maximum Gasteiger partial charge on any atom is 0.407 e. The fourth-order valence-electron chi connectivity index (χ4n) is 0.313. The number of ether oxygens (including phenoxy) is 1. The molecule has 98 valence electrons. The van der Waals surface area contributed by atoms with Crippen molar-refractivity contribution in [3.05, 3.63) is 0 Å². The predicted molar refractivity (Wildman–Crippen MR) is 66.4 cm³/mol. The molecule has 0 heterocycles. The number of carbonyl (C=O) groups is 2. The van der Waals surface area contributed by atoms with E-state index < -0.39 is 6.09 Å². The molecule has 0 fully saturated rings. The second-order valence-electron chi connectivity index (χ2n) is 2.52. The average molecular weight is 234 g/mol. The molecule has 0 saturated heterocycles. The highest BCUT2D eigenvalue weighted by molar-refractivity contribution is 5.81. The van der Waals surface area contributed by atoms with Gasteiger partial charge in [-0.15, -0.1) is 0 Å². The molecule has 0 aromatic heterocycles. The van der Waals surface area contributed by atoms with E-state index in [2.05, 4.69) is 29.2 Å². The van der Waals surface area contributed by atoms with E-state index in [0.29, 0.717) is 0 Å². The normalized spacial score (nSPS) is 7.38. The summed E-state index contributed by atoms with van der Waals surface area (Å²) in [4.78, 5) is 20.8. The Morgan fingerprint density at radius 1 is 1.12 bits per heavy atom. The Hall–Kier alpha value is -1.26. The van der Waals surface area contributed by atoms with E-state index in [1.54, 1.807) is 0 Å². The van der Waals surface area contributed by atoms with E-state index in [0.717, 1.165) is 0 Å². The fourth-order valence-corrected chi connectivity index (χ4v) is 0.313. The van der Waals surface area contributed by atoms with E-state index in [4.69, 9.17) is 0 Å². The molecule has 0 atom stereocenters. The molecule has 0 bridgehead atoms. The molecule has 2 N–H and O–H groups in total. The molecule has 0 spiro atoms. The molecule has 5 nitrogen and oxygen atoms in total. The minimum Gasteiger partial charge on any atom is -0.453 e. The Morgan fingerprint density at radius 3 is 1.81 bits per heavy atom. The van der Waals surface area contributed by atoms with Crippen LogP contribution in [0.3, 0.4) is 0 Å². The smallest absolute Gasteiger partial charge is 0.407 e. The third-order valence-electron chi connectivity index (χ3n) is 1.36. The lowest BCUT2D eigenvalue weighted by atomic mass is 10.4. The number of amides is 2. The summed E-state index contributed by atoms with van der Waals surface area (Å²) >= 11 is 0. The minimum atomic E-state index is -0.608. The summed E-state index contributed by atoms with van der Waals surface area (Å²) in [6, 6.07) is 0. The quantitative estimate of drug-likeness (QED) is 0.784. The van der Waals surface area contributed by atoms with E-state index in [1.807, 2.05) is 13.8 Å². The molecular weight excluding hydrogens is 208 g/mol. The average Bonchev–Trinajstić information content (AvgIpc) is 2.37. The molecule has 16 heavy (non-hydrogen) atoms. The van der Waals surface area contributed by atoms with Crippen LogP contribution in [0.1, 0.15) is 40.5 Å². The van der Waals surface area contributed by atoms with Gasteiger partial charge in [-0.25, -0.2) is 4.79 Å². The lowest BCUT2D eigenvalue weighted by Gasteiger charge is -2.00. The van der Waals surface area contributed by atoms with Crippen molar-refractivity contribution in [1.29, 1.82) is 0 Å². The molecule has 0 aromatic carbocycles. The Bertz CT molecular complexity index is 143. The SMILES string of the molecule is CC.CCCC.CNC(=O)CNC(=O)OC. The molecule has 0 unspecified atom stereocenters. The van der Waals surface area contributed by atoms with Crippen molar-refractivity contribution in [3.8, 4) is 0 Å². The minimum absolute atomic E-state index is 0.0524. The summed E-state index contributed by atoms with van der Waals surface area (Å²) in [6.07, 6.45) is 2.03. The van der Waals surface area contributed by atoms with Crippen LogP contribution in [-0.2, 0) is 9.53 Å². The van der Waals surface area contributed by atoms with Crippen LogP contribution in [0.15, 0.2) is 0 Å². The van der Waals surface area contributed by atoms with Crippen molar-refractivity contribution in [2.24, 2.45) is 0 Å². The number of hydrogen-bond acceptors (Lipinski definition) is 3. The van der Waals surface area contributed by atoms with Crippen LogP contribution in [0, 0.1) is 0 Å². The predicted octanol–water partition coefficient (Wildman–Crippen LogP) is 1.92. The topological polar surface area (TPSA) is 67.4 Å². The number of likely N-dealkylation sites (N-methyl/N-ethyl adjacent to an activating group) is 1. The number of nitrogens with one attached hydrogen (secondary N) is 2. The number of hydrogen-bond donors (Lipinski definition) is 2. The zero-order valence-corrected chi connectivity index (χ0v) is 11.3. The second kappa shape index (κ2) is 19.3. The Balaban J connectivity index is -0.000000237. The van der Waals surface area contributed by atoms with Crippen LogP contribution in [0.4, 0.5) is 4.79 Å². The number of methoxy groups -OCH3 is 1. The maximum absolute atomic E-state index is 10.5. The molecule has 2 amide bonds. The first-order valence-corrected chi connectivity index (χ1v) is 5.64. The molecule has 5 heteroatoms. The number of carbonyl (C=O) groups excluding carboxylic acids is 2. The fraction of sp³-hybridized carbons (Fsp3) is 0.818.